The van der Waals surface area contributed by atoms with Crippen molar-refractivity contribution < 1.29 is 34.0 Å². The van der Waals surface area contributed by atoms with Crippen molar-refractivity contribution in [1.29, 1.82) is 0 Å². The van der Waals surface area contributed by atoms with E-state index in [1.54, 1.807) is 6.07 Å². The predicted octanol–water partition coefficient (Wildman–Crippen LogP) is 4.70. The second-order valence-corrected chi connectivity index (χ2v) is 6.71. The number of aromatic carboxylic acids is 1. The highest BCUT2D eigenvalue weighted by atomic mass is 19.1. The van der Waals surface area contributed by atoms with Gasteiger partial charge >= 0.3 is 11.9 Å². The topological polar surface area (TPSA) is 104 Å². The summed E-state index contributed by atoms with van der Waals surface area (Å²) in [6, 6.07) is 12.8. The first-order chi connectivity index (χ1) is 14.3. The maximum absolute atomic E-state index is 14.7. The first-order valence-electron chi connectivity index (χ1n) is 8.84. The smallest absolute Gasteiger partial charge is 0.338 e. The highest BCUT2D eigenvalue weighted by molar-refractivity contribution is 6.12. The van der Waals surface area contributed by atoms with Crippen molar-refractivity contribution in [3.63, 3.8) is 0 Å². The van der Waals surface area contributed by atoms with Gasteiger partial charge in [0, 0.05) is 5.39 Å². The van der Waals surface area contributed by atoms with Crippen LogP contribution in [0.2, 0.25) is 0 Å². The Labute approximate surface area is 169 Å². The van der Waals surface area contributed by atoms with Crippen molar-refractivity contribution in [2.75, 3.05) is 7.11 Å². The van der Waals surface area contributed by atoms with Crippen LogP contribution in [0, 0.1) is 5.82 Å². The molecule has 0 aliphatic rings. The number of methoxy groups -OCH3 is 1. The van der Waals surface area contributed by atoms with E-state index in [-0.39, 0.29) is 38.8 Å². The number of esters is 1. The summed E-state index contributed by atoms with van der Waals surface area (Å²) in [6.45, 7) is 0. The molecule has 4 aromatic carbocycles. The van der Waals surface area contributed by atoms with Gasteiger partial charge in [0.1, 0.15) is 5.75 Å². The molecular weight excluding hydrogens is 391 g/mol. The number of halogens is 1. The predicted molar refractivity (Wildman–Crippen MR) is 108 cm³/mol. The van der Waals surface area contributed by atoms with E-state index in [1.807, 2.05) is 0 Å². The molecule has 30 heavy (non-hydrogen) atoms. The summed E-state index contributed by atoms with van der Waals surface area (Å²) in [5.74, 6) is -3.49. The molecule has 150 valence electrons. The molecule has 0 amide bonds. The summed E-state index contributed by atoms with van der Waals surface area (Å²) in [6.07, 6.45) is 0. The molecule has 6 nitrogen and oxygen atoms in total. The molecule has 0 radical (unpaired) electrons. The molecule has 4 aromatic rings. The Kier molecular flexibility index (Phi) is 4.50. The largest absolute Gasteiger partial charge is 0.508 e. The second kappa shape index (κ2) is 7.04. The molecule has 0 aliphatic heterocycles. The molecule has 0 unspecified atom stereocenters. The third kappa shape index (κ3) is 2.97. The number of rotatable bonds is 3. The van der Waals surface area contributed by atoms with E-state index in [2.05, 4.69) is 0 Å². The average molecular weight is 406 g/mol. The van der Waals surface area contributed by atoms with Crippen LogP contribution in [0.15, 0.2) is 54.6 Å². The molecular formula is C23H15FO6. The number of ether oxygens (including phenoxy) is 1. The van der Waals surface area contributed by atoms with Crippen molar-refractivity contribution in [1.82, 2.24) is 0 Å². The minimum Gasteiger partial charge on any atom is -0.508 e. The number of carbonyl (C=O) groups is 2. The Bertz CT molecular complexity index is 1360. The standard InChI is InChI=1S/C23H15FO6/c1-30-23(29)18-10-12(9-17-16(18)6-7-19(26)21(17)24)15-4-2-11-8-13(25)3-5-14(11)20(15)22(27)28/h2-10,25-26H,1H3,(H,27,28). The van der Waals surface area contributed by atoms with E-state index < -0.39 is 23.5 Å². The van der Waals surface area contributed by atoms with Crippen LogP contribution >= 0.6 is 0 Å². The van der Waals surface area contributed by atoms with Crippen LogP contribution in [0.3, 0.4) is 0 Å². The van der Waals surface area contributed by atoms with Crippen LogP contribution in [-0.4, -0.2) is 34.4 Å². The van der Waals surface area contributed by atoms with Gasteiger partial charge in [0.2, 0.25) is 0 Å². The van der Waals surface area contributed by atoms with Gasteiger partial charge in [-0.05, 0) is 69.8 Å². The molecule has 0 saturated carbocycles. The molecule has 0 saturated heterocycles. The minimum atomic E-state index is -1.22. The second-order valence-electron chi connectivity index (χ2n) is 6.71. The molecule has 0 aromatic heterocycles. The molecule has 3 N–H and O–H groups in total. The summed E-state index contributed by atoms with van der Waals surface area (Å²) < 4.78 is 19.5. The lowest BCUT2D eigenvalue weighted by molar-refractivity contribution is 0.0602. The summed E-state index contributed by atoms with van der Waals surface area (Å²) in [4.78, 5) is 24.4. The average Bonchev–Trinajstić information content (AvgIpc) is 2.74. The number of carboxylic acids is 1. The van der Waals surface area contributed by atoms with E-state index in [0.29, 0.717) is 10.8 Å². The number of carbonyl (C=O) groups excluding carboxylic acids is 1. The van der Waals surface area contributed by atoms with Crippen LogP contribution in [0.1, 0.15) is 20.7 Å². The zero-order valence-electron chi connectivity index (χ0n) is 15.6. The highest BCUT2D eigenvalue weighted by Gasteiger charge is 2.21. The summed E-state index contributed by atoms with van der Waals surface area (Å²) in [5.41, 5.74) is 0.476. The Morgan fingerprint density at radius 1 is 0.900 bits per heavy atom. The molecule has 0 heterocycles. The van der Waals surface area contributed by atoms with Gasteiger partial charge in [-0.15, -0.1) is 0 Å². The highest BCUT2D eigenvalue weighted by Crippen LogP contribution is 2.37. The lowest BCUT2D eigenvalue weighted by atomic mass is 9.91. The third-order valence-electron chi connectivity index (χ3n) is 4.98. The quantitative estimate of drug-likeness (QED) is 0.426. The van der Waals surface area contributed by atoms with Gasteiger partial charge in [0.05, 0.1) is 18.2 Å². The lowest BCUT2D eigenvalue weighted by Gasteiger charge is -2.14. The summed E-state index contributed by atoms with van der Waals surface area (Å²) in [5, 5.41) is 30.4. The minimum absolute atomic E-state index is 0.0113. The van der Waals surface area contributed by atoms with Gasteiger partial charge in [0.15, 0.2) is 11.6 Å². The fraction of sp³-hybridized carbons (Fsp3) is 0.0435. The van der Waals surface area contributed by atoms with Gasteiger partial charge in [-0.25, -0.2) is 14.0 Å². The van der Waals surface area contributed by atoms with Crippen molar-refractivity contribution in [2.45, 2.75) is 0 Å². The van der Waals surface area contributed by atoms with Gasteiger partial charge < -0.3 is 20.1 Å². The number of benzene rings is 4. The summed E-state index contributed by atoms with van der Waals surface area (Å²) in [7, 11) is 1.18. The van der Waals surface area contributed by atoms with Gasteiger partial charge in [-0.1, -0.05) is 12.1 Å². The van der Waals surface area contributed by atoms with Gasteiger partial charge in [-0.2, -0.15) is 0 Å². The Morgan fingerprint density at radius 2 is 1.63 bits per heavy atom. The van der Waals surface area contributed by atoms with Gasteiger partial charge in [-0.3, -0.25) is 0 Å². The Morgan fingerprint density at radius 3 is 2.33 bits per heavy atom. The SMILES string of the molecule is COC(=O)c1cc(-c2ccc3cc(O)ccc3c2C(=O)O)cc2c(F)c(O)ccc12. The molecule has 0 bridgehead atoms. The Hall–Kier alpha value is -4.13. The number of hydrogen-bond acceptors (Lipinski definition) is 5. The molecule has 0 aliphatic carbocycles. The number of hydrogen-bond donors (Lipinski definition) is 3. The van der Waals surface area contributed by atoms with Crippen molar-refractivity contribution in [3.05, 3.63) is 71.5 Å². The molecule has 0 spiro atoms. The van der Waals surface area contributed by atoms with Gasteiger partial charge in [0.25, 0.3) is 0 Å². The zero-order valence-corrected chi connectivity index (χ0v) is 15.6. The maximum Gasteiger partial charge on any atom is 0.338 e. The number of carboxylic acid groups (broad SMARTS) is 1. The van der Waals surface area contributed by atoms with Crippen molar-refractivity contribution in [2.24, 2.45) is 0 Å². The zero-order chi connectivity index (χ0) is 21.6. The monoisotopic (exact) mass is 406 g/mol. The van der Waals surface area contributed by atoms with Crippen LogP contribution in [0.4, 0.5) is 4.39 Å². The Balaban J connectivity index is 2.11. The first kappa shape index (κ1) is 19.2. The van der Waals surface area contributed by atoms with E-state index in [4.69, 9.17) is 4.74 Å². The van der Waals surface area contributed by atoms with Crippen LogP contribution in [0.25, 0.3) is 32.7 Å². The molecule has 7 heteroatoms. The number of phenolic OH excluding ortho intramolecular Hbond substituents is 2. The molecule has 4 rings (SSSR count). The van der Waals surface area contributed by atoms with E-state index in [9.17, 15) is 29.3 Å². The molecule has 0 atom stereocenters. The maximum atomic E-state index is 14.7. The fourth-order valence-corrected chi connectivity index (χ4v) is 3.61. The van der Waals surface area contributed by atoms with E-state index >= 15 is 0 Å². The third-order valence-corrected chi connectivity index (χ3v) is 4.98. The van der Waals surface area contributed by atoms with E-state index in [1.165, 1.54) is 49.6 Å². The molecule has 0 fully saturated rings. The van der Waals surface area contributed by atoms with E-state index in [0.717, 1.165) is 6.07 Å². The van der Waals surface area contributed by atoms with Crippen LogP contribution < -0.4 is 0 Å². The van der Waals surface area contributed by atoms with Crippen molar-refractivity contribution >= 4 is 33.5 Å². The van der Waals surface area contributed by atoms with Crippen LogP contribution in [0.5, 0.6) is 11.5 Å². The lowest BCUT2D eigenvalue weighted by Crippen LogP contribution is -2.05. The normalized spacial score (nSPS) is 11.0. The number of aromatic hydroxyl groups is 2. The first-order valence-corrected chi connectivity index (χ1v) is 8.84. The van der Waals surface area contributed by atoms with Crippen LogP contribution in [-0.2, 0) is 4.74 Å². The number of fused-ring (bicyclic) bond motifs is 2. The van der Waals surface area contributed by atoms with Crippen molar-refractivity contribution in [3.8, 4) is 22.6 Å². The summed E-state index contributed by atoms with van der Waals surface area (Å²) >= 11 is 0. The fourth-order valence-electron chi connectivity index (χ4n) is 3.61. The number of phenols is 2.